The van der Waals surface area contributed by atoms with E-state index in [1.807, 2.05) is 17.0 Å². The maximum absolute atomic E-state index is 12.8. The van der Waals surface area contributed by atoms with E-state index in [9.17, 15) is 14.9 Å². The minimum atomic E-state index is -0.297. The van der Waals surface area contributed by atoms with Gasteiger partial charge in [0.15, 0.2) is 16.6 Å². The number of carbonyl (C=O) groups excluding carboxylic acids is 1. The second-order valence-electron chi connectivity index (χ2n) is 9.07. The Balaban J connectivity index is 1.20. The summed E-state index contributed by atoms with van der Waals surface area (Å²) in [4.78, 5) is 30.4. The molecule has 0 spiro atoms. The van der Waals surface area contributed by atoms with E-state index >= 15 is 0 Å². The first-order valence-electron chi connectivity index (χ1n) is 12.3. The lowest BCUT2D eigenvalue weighted by Crippen LogP contribution is -2.52. The first-order valence-corrected chi connectivity index (χ1v) is 12.7. The summed E-state index contributed by atoms with van der Waals surface area (Å²) in [5, 5.41) is 14.8. The van der Waals surface area contributed by atoms with Crippen LogP contribution in [0.3, 0.4) is 0 Å². The van der Waals surface area contributed by atoms with Crippen molar-refractivity contribution >= 4 is 40.3 Å². The molecule has 2 fully saturated rings. The number of hydrogen-bond acceptors (Lipinski definition) is 8. The number of rotatable bonds is 4. The molecule has 5 rings (SSSR count). The number of thiocarbonyl (C=S) groups is 1. The summed E-state index contributed by atoms with van der Waals surface area (Å²) in [5.74, 6) is 0.896. The molecule has 1 N–H and O–H groups in total. The number of piperazine rings is 1. The number of carbonyl (C=O) groups is 1. The van der Waals surface area contributed by atoms with Crippen LogP contribution < -0.4 is 24.6 Å². The Hall–Kier alpha value is -3.60. The van der Waals surface area contributed by atoms with Crippen LogP contribution >= 0.6 is 12.2 Å². The summed E-state index contributed by atoms with van der Waals surface area (Å²) < 4.78 is 11.1. The molecule has 3 aliphatic rings. The van der Waals surface area contributed by atoms with E-state index in [1.54, 1.807) is 24.3 Å². The number of piperidine rings is 1. The van der Waals surface area contributed by atoms with Gasteiger partial charge in [-0.05, 0) is 61.8 Å². The highest BCUT2D eigenvalue weighted by Crippen LogP contribution is 2.35. The van der Waals surface area contributed by atoms with Crippen molar-refractivity contribution in [3.8, 4) is 11.5 Å². The van der Waals surface area contributed by atoms with E-state index in [4.69, 9.17) is 21.7 Å². The number of amides is 1. The minimum Gasteiger partial charge on any atom is -0.486 e. The van der Waals surface area contributed by atoms with Gasteiger partial charge in [-0.2, -0.15) is 0 Å². The predicted molar refractivity (Wildman–Crippen MR) is 140 cm³/mol. The van der Waals surface area contributed by atoms with Crippen LogP contribution in [0.25, 0.3) is 0 Å². The lowest BCUT2D eigenvalue weighted by Gasteiger charge is -2.37. The first kappa shape index (κ1) is 24.1. The van der Waals surface area contributed by atoms with Crippen molar-refractivity contribution in [2.24, 2.45) is 0 Å². The van der Waals surface area contributed by atoms with Crippen LogP contribution in [0.2, 0.25) is 0 Å². The average molecular weight is 512 g/mol. The van der Waals surface area contributed by atoms with Crippen molar-refractivity contribution in [3.63, 3.8) is 0 Å². The fraction of sp³-hybridized carbons (Fsp3) is 0.440. The Morgan fingerprint density at radius 2 is 1.61 bits per heavy atom. The van der Waals surface area contributed by atoms with Gasteiger partial charge in [0.25, 0.3) is 11.6 Å². The molecule has 190 valence electrons. The summed E-state index contributed by atoms with van der Waals surface area (Å²) in [6.45, 7) is 5.29. The van der Waals surface area contributed by atoms with Gasteiger partial charge >= 0.3 is 0 Å². The molecule has 3 aliphatic heterocycles. The molecule has 2 saturated heterocycles. The summed E-state index contributed by atoms with van der Waals surface area (Å²) in [5.41, 5.74) is 2.27. The maximum Gasteiger partial charge on any atom is 0.292 e. The van der Waals surface area contributed by atoms with Crippen LogP contribution in [0.5, 0.6) is 11.5 Å². The van der Waals surface area contributed by atoms with Gasteiger partial charge < -0.3 is 24.2 Å². The summed E-state index contributed by atoms with van der Waals surface area (Å²) in [6, 6.07) is 10.5. The van der Waals surface area contributed by atoms with Crippen molar-refractivity contribution in [1.29, 1.82) is 0 Å². The molecule has 0 bridgehead atoms. The molecule has 36 heavy (non-hydrogen) atoms. The fourth-order valence-electron chi connectivity index (χ4n) is 4.85. The van der Waals surface area contributed by atoms with E-state index in [0.29, 0.717) is 67.3 Å². The van der Waals surface area contributed by atoms with Gasteiger partial charge in [-0.15, -0.1) is 0 Å². The molecule has 0 unspecified atom stereocenters. The molecule has 3 heterocycles. The smallest absolute Gasteiger partial charge is 0.292 e. The molecule has 0 atom stereocenters. The molecule has 2 aromatic carbocycles. The molecule has 10 nitrogen and oxygen atoms in total. The Kier molecular flexibility index (Phi) is 7.08. The Labute approximate surface area is 214 Å². The van der Waals surface area contributed by atoms with Gasteiger partial charge in [0.2, 0.25) is 0 Å². The third kappa shape index (κ3) is 5.15. The molecule has 0 radical (unpaired) electrons. The van der Waals surface area contributed by atoms with E-state index in [-0.39, 0.29) is 16.5 Å². The highest BCUT2D eigenvalue weighted by molar-refractivity contribution is 7.80. The second-order valence-corrected chi connectivity index (χ2v) is 9.46. The van der Waals surface area contributed by atoms with Crippen molar-refractivity contribution in [2.75, 3.05) is 62.3 Å². The van der Waals surface area contributed by atoms with Crippen molar-refractivity contribution in [3.05, 3.63) is 52.1 Å². The van der Waals surface area contributed by atoms with Gasteiger partial charge in [-0.1, -0.05) is 0 Å². The predicted octanol–water partition coefficient (Wildman–Crippen LogP) is 3.19. The highest BCUT2D eigenvalue weighted by Gasteiger charge is 2.25. The maximum atomic E-state index is 12.8. The van der Waals surface area contributed by atoms with Crippen molar-refractivity contribution < 1.29 is 19.2 Å². The quantitative estimate of drug-likeness (QED) is 0.377. The van der Waals surface area contributed by atoms with E-state index in [2.05, 4.69) is 15.1 Å². The summed E-state index contributed by atoms with van der Waals surface area (Å²) in [6.07, 6.45) is 3.27. The van der Waals surface area contributed by atoms with Crippen molar-refractivity contribution in [1.82, 2.24) is 10.2 Å². The van der Waals surface area contributed by atoms with E-state index in [0.717, 1.165) is 38.0 Å². The first-order chi connectivity index (χ1) is 17.5. The molecule has 0 saturated carbocycles. The van der Waals surface area contributed by atoms with Gasteiger partial charge in [0, 0.05) is 56.6 Å². The van der Waals surface area contributed by atoms with E-state index in [1.165, 1.54) is 0 Å². The second kappa shape index (κ2) is 10.6. The normalized spacial score (nSPS) is 17.5. The van der Waals surface area contributed by atoms with Crippen LogP contribution in [-0.4, -0.2) is 73.3 Å². The number of nitro groups is 1. The van der Waals surface area contributed by atoms with Gasteiger partial charge in [-0.25, -0.2) is 0 Å². The van der Waals surface area contributed by atoms with Crippen molar-refractivity contribution in [2.45, 2.75) is 19.3 Å². The Morgan fingerprint density at radius 1 is 0.889 bits per heavy atom. The van der Waals surface area contributed by atoms with Crippen LogP contribution in [0.1, 0.15) is 29.6 Å². The molecule has 1 amide bonds. The SMILES string of the molecule is O=C(NC(=S)N1CCN(c2ccc([N+](=O)[O-])c(N3CCCCC3)c2)CC1)c1ccc2c(c1)OCCO2. The lowest BCUT2D eigenvalue weighted by atomic mass is 10.1. The van der Waals surface area contributed by atoms with Gasteiger partial charge in [0.1, 0.15) is 18.9 Å². The van der Waals surface area contributed by atoms with Crippen LogP contribution in [-0.2, 0) is 0 Å². The molecule has 2 aromatic rings. The lowest BCUT2D eigenvalue weighted by molar-refractivity contribution is -0.384. The number of nitro benzene ring substituents is 1. The molecule has 0 aliphatic carbocycles. The number of nitrogens with zero attached hydrogens (tertiary/aromatic N) is 4. The zero-order chi connectivity index (χ0) is 25.1. The van der Waals surface area contributed by atoms with Crippen LogP contribution in [0.4, 0.5) is 17.1 Å². The third-order valence-corrected chi connectivity index (χ3v) is 7.17. The number of hydrogen-bond donors (Lipinski definition) is 1. The van der Waals surface area contributed by atoms with Crippen LogP contribution in [0.15, 0.2) is 36.4 Å². The Morgan fingerprint density at radius 3 is 2.33 bits per heavy atom. The summed E-state index contributed by atoms with van der Waals surface area (Å²) >= 11 is 5.52. The summed E-state index contributed by atoms with van der Waals surface area (Å²) in [7, 11) is 0. The molecule has 0 aromatic heterocycles. The molecular formula is C25H29N5O5S. The largest absolute Gasteiger partial charge is 0.486 e. The number of anilines is 2. The van der Waals surface area contributed by atoms with Gasteiger partial charge in [-0.3, -0.25) is 20.2 Å². The Bertz CT molecular complexity index is 1160. The number of ether oxygens (including phenoxy) is 2. The number of nitrogens with one attached hydrogen (secondary N) is 1. The average Bonchev–Trinajstić information content (AvgIpc) is 2.93. The molecular weight excluding hydrogens is 482 g/mol. The third-order valence-electron chi connectivity index (χ3n) is 6.81. The molecule has 11 heteroatoms. The fourth-order valence-corrected chi connectivity index (χ4v) is 5.13. The monoisotopic (exact) mass is 511 g/mol. The highest BCUT2D eigenvalue weighted by atomic mass is 32.1. The minimum absolute atomic E-state index is 0.155. The van der Waals surface area contributed by atoms with Gasteiger partial charge in [0.05, 0.1) is 4.92 Å². The van der Waals surface area contributed by atoms with Crippen LogP contribution in [0, 0.1) is 10.1 Å². The number of fused-ring (bicyclic) bond motifs is 1. The topological polar surface area (TPSA) is 100 Å². The van der Waals surface area contributed by atoms with E-state index < -0.39 is 0 Å². The zero-order valence-corrected chi connectivity index (χ0v) is 20.8. The number of benzene rings is 2. The standard InChI is InChI=1S/C25H29N5O5S/c31-24(18-4-7-22-23(16-18)35-15-14-34-22)26-25(36)29-12-10-27(11-13-29)19-5-6-20(30(32)33)21(17-19)28-8-2-1-3-9-28/h4-7,16-17H,1-3,8-15H2,(H,26,31,36). The zero-order valence-electron chi connectivity index (χ0n) is 20.0.